The summed E-state index contributed by atoms with van der Waals surface area (Å²) in [4.78, 5) is 11.7. The van der Waals surface area contributed by atoms with E-state index < -0.39 is 5.97 Å². The van der Waals surface area contributed by atoms with Gasteiger partial charge in [-0.05, 0) is 24.3 Å². The van der Waals surface area contributed by atoms with Crippen molar-refractivity contribution in [2.45, 2.75) is 10.6 Å². The molecule has 4 heteroatoms. The lowest BCUT2D eigenvalue weighted by Crippen LogP contribution is -1.98. The zero-order valence-electron chi connectivity index (χ0n) is 8.42. The van der Waals surface area contributed by atoms with E-state index in [2.05, 4.69) is 0 Å². The largest absolute Gasteiger partial charge is 0.478 e. The molecule has 0 fully saturated rings. The van der Waals surface area contributed by atoms with Crippen LogP contribution in [-0.2, 0) is 5.75 Å². The highest BCUT2D eigenvalue weighted by Gasteiger charge is 2.09. The molecule has 0 spiro atoms. The van der Waals surface area contributed by atoms with Crippen LogP contribution in [-0.4, -0.2) is 11.1 Å². The first kappa shape index (κ1) is 10.8. The molecule has 0 atom stereocenters. The van der Waals surface area contributed by atoms with Crippen molar-refractivity contribution >= 4 is 17.7 Å². The third kappa shape index (κ3) is 2.46. The van der Waals surface area contributed by atoms with Gasteiger partial charge in [0.15, 0.2) is 0 Å². The third-order valence-electron chi connectivity index (χ3n) is 2.07. The summed E-state index contributed by atoms with van der Waals surface area (Å²) < 4.78 is 5.19. The molecule has 2 aromatic rings. The van der Waals surface area contributed by atoms with Crippen LogP contribution in [0.15, 0.2) is 52.0 Å². The molecular formula is C12H10O3S. The maximum Gasteiger partial charge on any atom is 0.336 e. The monoisotopic (exact) mass is 234 g/mol. The highest BCUT2D eigenvalue weighted by atomic mass is 32.2. The second-order valence-corrected chi connectivity index (χ2v) is 4.19. The maximum absolute atomic E-state index is 10.9. The second kappa shape index (κ2) is 4.90. The van der Waals surface area contributed by atoms with Gasteiger partial charge in [0.25, 0.3) is 0 Å². The zero-order valence-corrected chi connectivity index (χ0v) is 9.24. The number of carboxylic acid groups (broad SMARTS) is 1. The number of hydrogen-bond donors (Lipinski definition) is 1. The Hall–Kier alpha value is -1.68. The Kier molecular flexibility index (Phi) is 3.31. The van der Waals surface area contributed by atoms with Crippen molar-refractivity contribution in [3.05, 3.63) is 54.0 Å². The van der Waals surface area contributed by atoms with E-state index in [9.17, 15) is 4.79 Å². The van der Waals surface area contributed by atoms with E-state index in [4.69, 9.17) is 9.52 Å². The van der Waals surface area contributed by atoms with Crippen molar-refractivity contribution in [1.82, 2.24) is 0 Å². The zero-order chi connectivity index (χ0) is 11.4. The van der Waals surface area contributed by atoms with Crippen LogP contribution in [0, 0.1) is 0 Å². The molecule has 3 nitrogen and oxygen atoms in total. The summed E-state index contributed by atoms with van der Waals surface area (Å²) in [7, 11) is 0. The quantitative estimate of drug-likeness (QED) is 0.825. The first-order valence-corrected chi connectivity index (χ1v) is 5.73. The Balaban J connectivity index is 2.12. The van der Waals surface area contributed by atoms with E-state index in [-0.39, 0.29) is 0 Å². The lowest BCUT2D eigenvalue weighted by molar-refractivity contribution is 0.0693. The van der Waals surface area contributed by atoms with E-state index in [1.807, 2.05) is 18.2 Å². The van der Waals surface area contributed by atoms with Crippen LogP contribution in [0.4, 0.5) is 0 Å². The molecule has 0 aliphatic heterocycles. The molecule has 16 heavy (non-hydrogen) atoms. The summed E-state index contributed by atoms with van der Waals surface area (Å²) in [6, 6.07) is 10.6. The Morgan fingerprint density at radius 1 is 1.25 bits per heavy atom. The molecule has 0 aliphatic carbocycles. The van der Waals surface area contributed by atoms with Crippen molar-refractivity contribution in [2.24, 2.45) is 0 Å². The molecule has 0 unspecified atom stereocenters. The van der Waals surface area contributed by atoms with Gasteiger partial charge >= 0.3 is 5.97 Å². The molecular weight excluding hydrogens is 224 g/mol. The standard InChI is InChI=1S/C12H10O3S/c13-12(14)10-5-1-2-6-11(10)16-8-9-4-3-7-15-9/h1-7H,8H2,(H,13,14). The molecule has 1 aromatic heterocycles. The van der Waals surface area contributed by atoms with Crippen LogP contribution in [0.1, 0.15) is 16.1 Å². The summed E-state index contributed by atoms with van der Waals surface area (Å²) in [6.45, 7) is 0. The number of benzene rings is 1. The predicted octanol–water partition coefficient (Wildman–Crippen LogP) is 3.27. The van der Waals surface area contributed by atoms with Crippen molar-refractivity contribution in [3.8, 4) is 0 Å². The lowest BCUT2D eigenvalue weighted by Gasteiger charge is -2.03. The fraction of sp³-hybridized carbons (Fsp3) is 0.0833. The van der Waals surface area contributed by atoms with Gasteiger partial charge in [-0.3, -0.25) is 0 Å². The van der Waals surface area contributed by atoms with Gasteiger partial charge < -0.3 is 9.52 Å². The predicted molar refractivity (Wildman–Crippen MR) is 61.7 cm³/mol. The van der Waals surface area contributed by atoms with E-state index in [1.54, 1.807) is 24.5 Å². The number of carbonyl (C=O) groups is 1. The number of furan rings is 1. The second-order valence-electron chi connectivity index (χ2n) is 3.17. The molecule has 1 aromatic carbocycles. The van der Waals surface area contributed by atoms with E-state index in [1.165, 1.54) is 11.8 Å². The van der Waals surface area contributed by atoms with Gasteiger partial charge in [0.05, 0.1) is 17.6 Å². The number of hydrogen-bond acceptors (Lipinski definition) is 3. The third-order valence-corrected chi connectivity index (χ3v) is 3.16. The number of rotatable bonds is 4. The first-order valence-electron chi connectivity index (χ1n) is 4.75. The Bertz CT molecular complexity index is 477. The Morgan fingerprint density at radius 3 is 2.75 bits per heavy atom. The van der Waals surface area contributed by atoms with Crippen LogP contribution >= 0.6 is 11.8 Å². The van der Waals surface area contributed by atoms with Gasteiger partial charge in [0.1, 0.15) is 5.76 Å². The molecule has 82 valence electrons. The fourth-order valence-corrected chi connectivity index (χ4v) is 2.26. The normalized spacial score (nSPS) is 10.2. The minimum atomic E-state index is -0.900. The smallest absolute Gasteiger partial charge is 0.336 e. The van der Waals surface area contributed by atoms with E-state index in [0.717, 1.165) is 10.7 Å². The number of carboxylic acids is 1. The first-order chi connectivity index (χ1) is 7.77. The molecule has 0 saturated carbocycles. The number of thioether (sulfide) groups is 1. The van der Waals surface area contributed by atoms with Gasteiger partial charge in [-0.15, -0.1) is 11.8 Å². The summed E-state index contributed by atoms with van der Waals surface area (Å²) >= 11 is 1.46. The van der Waals surface area contributed by atoms with Crippen LogP contribution in [0.5, 0.6) is 0 Å². The average molecular weight is 234 g/mol. The summed E-state index contributed by atoms with van der Waals surface area (Å²) in [5.41, 5.74) is 0.332. The highest BCUT2D eigenvalue weighted by molar-refractivity contribution is 7.98. The van der Waals surface area contributed by atoms with Crippen LogP contribution < -0.4 is 0 Å². The summed E-state index contributed by atoms with van der Waals surface area (Å²) in [6.07, 6.45) is 1.61. The molecule has 0 saturated heterocycles. The maximum atomic E-state index is 10.9. The Labute approximate surface area is 97.1 Å². The molecule has 0 bridgehead atoms. The van der Waals surface area contributed by atoms with Crippen LogP contribution in [0.2, 0.25) is 0 Å². The van der Waals surface area contributed by atoms with Crippen molar-refractivity contribution in [2.75, 3.05) is 0 Å². The topological polar surface area (TPSA) is 50.4 Å². The minimum absolute atomic E-state index is 0.332. The van der Waals surface area contributed by atoms with Crippen molar-refractivity contribution in [1.29, 1.82) is 0 Å². The number of aromatic carboxylic acids is 1. The highest BCUT2D eigenvalue weighted by Crippen LogP contribution is 2.26. The van der Waals surface area contributed by atoms with Gasteiger partial charge in [-0.25, -0.2) is 4.79 Å². The SMILES string of the molecule is O=C(O)c1ccccc1SCc1ccco1. The average Bonchev–Trinajstić information content (AvgIpc) is 2.79. The molecule has 1 N–H and O–H groups in total. The lowest BCUT2D eigenvalue weighted by atomic mass is 10.2. The van der Waals surface area contributed by atoms with E-state index in [0.29, 0.717) is 11.3 Å². The van der Waals surface area contributed by atoms with Gasteiger partial charge in [-0.2, -0.15) is 0 Å². The van der Waals surface area contributed by atoms with Crippen molar-refractivity contribution < 1.29 is 14.3 Å². The van der Waals surface area contributed by atoms with Gasteiger partial charge in [0, 0.05) is 4.90 Å². The molecule has 0 amide bonds. The summed E-state index contributed by atoms with van der Waals surface area (Å²) in [5.74, 6) is 0.574. The molecule has 1 heterocycles. The molecule has 2 rings (SSSR count). The van der Waals surface area contributed by atoms with Crippen molar-refractivity contribution in [3.63, 3.8) is 0 Å². The minimum Gasteiger partial charge on any atom is -0.478 e. The van der Waals surface area contributed by atoms with E-state index >= 15 is 0 Å². The van der Waals surface area contributed by atoms with Crippen LogP contribution in [0.3, 0.4) is 0 Å². The Morgan fingerprint density at radius 2 is 2.06 bits per heavy atom. The molecule has 0 aliphatic rings. The van der Waals surface area contributed by atoms with Crippen LogP contribution in [0.25, 0.3) is 0 Å². The molecule has 0 radical (unpaired) electrons. The van der Waals surface area contributed by atoms with Gasteiger partial charge in [-0.1, -0.05) is 12.1 Å². The van der Waals surface area contributed by atoms with Gasteiger partial charge in [0.2, 0.25) is 0 Å². The fourth-order valence-electron chi connectivity index (χ4n) is 1.31. The summed E-state index contributed by atoms with van der Waals surface area (Å²) in [5, 5.41) is 8.99.